The Labute approximate surface area is 165 Å². The highest BCUT2D eigenvalue weighted by Crippen LogP contribution is 2.30. The summed E-state index contributed by atoms with van der Waals surface area (Å²) in [4.78, 5) is 28.7. The lowest BCUT2D eigenvalue weighted by Crippen LogP contribution is -2.50. The molecule has 2 amide bonds. The van der Waals surface area contributed by atoms with Crippen LogP contribution in [0, 0.1) is 0 Å². The molecule has 0 saturated carbocycles. The van der Waals surface area contributed by atoms with Gasteiger partial charge in [-0.2, -0.15) is 18.3 Å². The number of aryl methyl sites for hydroxylation is 1. The summed E-state index contributed by atoms with van der Waals surface area (Å²) < 4.78 is 40.6. The molecule has 2 aliphatic heterocycles. The molecule has 154 valence electrons. The van der Waals surface area contributed by atoms with Gasteiger partial charge in [-0.3, -0.25) is 14.3 Å². The zero-order valence-electron chi connectivity index (χ0n) is 15.8. The van der Waals surface area contributed by atoms with Gasteiger partial charge in [0.1, 0.15) is 0 Å². The summed E-state index contributed by atoms with van der Waals surface area (Å²) in [5.41, 5.74) is 0.736. The van der Waals surface area contributed by atoms with E-state index in [1.807, 2.05) is 4.68 Å². The molecule has 1 aromatic carbocycles. The topological polar surface area (TPSA) is 58.4 Å². The van der Waals surface area contributed by atoms with E-state index in [0.29, 0.717) is 18.7 Å². The van der Waals surface area contributed by atoms with Crippen LogP contribution in [0.15, 0.2) is 30.5 Å². The third-order valence-corrected chi connectivity index (χ3v) is 5.50. The van der Waals surface area contributed by atoms with E-state index in [1.54, 1.807) is 11.1 Å². The Morgan fingerprint density at radius 1 is 0.931 bits per heavy atom. The molecule has 2 aliphatic rings. The van der Waals surface area contributed by atoms with E-state index >= 15 is 0 Å². The van der Waals surface area contributed by atoms with Crippen LogP contribution in [-0.2, 0) is 19.1 Å². The van der Waals surface area contributed by atoms with Crippen LogP contribution in [0.5, 0.6) is 0 Å². The van der Waals surface area contributed by atoms with E-state index in [9.17, 15) is 22.8 Å². The van der Waals surface area contributed by atoms with Crippen molar-refractivity contribution < 1.29 is 22.8 Å². The number of carbonyl (C=O) groups is 2. The molecular weight excluding hydrogens is 385 g/mol. The molecule has 0 radical (unpaired) electrons. The Balaban J connectivity index is 1.41. The Morgan fingerprint density at radius 3 is 2.31 bits per heavy atom. The zero-order valence-corrected chi connectivity index (χ0v) is 15.8. The average Bonchev–Trinajstić information content (AvgIpc) is 3.16. The lowest BCUT2D eigenvalue weighted by molar-refractivity contribution is -0.137. The predicted molar refractivity (Wildman–Crippen MR) is 98.4 cm³/mol. The Hall–Kier alpha value is -2.84. The zero-order chi connectivity index (χ0) is 20.6. The number of hydrogen-bond acceptors (Lipinski definition) is 3. The van der Waals surface area contributed by atoms with Crippen molar-refractivity contribution in [3.63, 3.8) is 0 Å². The standard InChI is InChI=1S/C20H21F3N4O2/c21-20(22,23)15-5-3-4-14(12-15)18(28)25-8-10-26(11-9-25)19(29)16-13-24-27-7-2-1-6-17(16)27/h3-5,12-13H,1-2,6-11H2. The van der Waals surface area contributed by atoms with Crippen molar-refractivity contribution in [1.29, 1.82) is 0 Å². The molecule has 6 nitrogen and oxygen atoms in total. The number of rotatable bonds is 2. The smallest absolute Gasteiger partial charge is 0.335 e. The number of alkyl halides is 3. The van der Waals surface area contributed by atoms with Gasteiger partial charge in [0.05, 0.1) is 23.0 Å². The van der Waals surface area contributed by atoms with Crippen molar-refractivity contribution in [2.24, 2.45) is 0 Å². The summed E-state index contributed by atoms with van der Waals surface area (Å²) in [5.74, 6) is -0.551. The van der Waals surface area contributed by atoms with Crippen LogP contribution in [0.2, 0.25) is 0 Å². The molecular formula is C20H21F3N4O2. The van der Waals surface area contributed by atoms with Gasteiger partial charge in [-0.1, -0.05) is 6.07 Å². The maximum absolute atomic E-state index is 12.9. The lowest BCUT2D eigenvalue weighted by atomic mass is 10.1. The molecule has 0 N–H and O–H groups in total. The van der Waals surface area contributed by atoms with Gasteiger partial charge in [0.15, 0.2) is 0 Å². The molecule has 1 fully saturated rings. The monoisotopic (exact) mass is 406 g/mol. The quantitative estimate of drug-likeness (QED) is 0.771. The number of benzene rings is 1. The van der Waals surface area contributed by atoms with Crippen molar-refractivity contribution in [3.8, 4) is 0 Å². The fourth-order valence-corrected chi connectivity index (χ4v) is 3.89. The summed E-state index contributed by atoms with van der Waals surface area (Å²) in [6, 6.07) is 4.44. The average molecular weight is 406 g/mol. The Kier molecular flexibility index (Phi) is 5.06. The third-order valence-electron chi connectivity index (χ3n) is 5.50. The fourth-order valence-electron chi connectivity index (χ4n) is 3.89. The maximum atomic E-state index is 12.9. The first-order valence-corrected chi connectivity index (χ1v) is 9.65. The SMILES string of the molecule is O=C(c1cccc(C(F)(F)F)c1)N1CCN(C(=O)c2cnn3c2CCCC3)CC1. The van der Waals surface area contributed by atoms with Crippen molar-refractivity contribution in [2.75, 3.05) is 26.2 Å². The summed E-state index contributed by atoms with van der Waals surface area (Å²) in [7, 11) is 0. The van der Waals surface area contributed by atoms with Crippen LogP contribution in [0.1, 0.15) is 44.8 Å². The normalized spacial score (nSPS) is 17.2. The van der Waals surface area contributed by atoms with Crippen LogP contribution in [0.3, 0.4) is 0 Å². The molecule has 0 spiro atoms. The molecule has 29 heavy (non-hydrogen) atoms. The number of fused-ring (bicyclic) bond motifs is 1. The van der Waals surface area contributed by atoms with E-state index in [4.69, 9.17) is 0 Å². The van der Waals surface area contributed by atoms with Gasteiger partial charge in [0, 0.05) is 38.3 Å². The third kappa shape index (κ3) is 3.86. The molecule has 0 aliphatic carbocycles. The fraction of sp³-hybridized carbons (Fsp3) is 0.450. The molecule has 0 atom stereocenters. The number of carbonyl (C=O) groups excluding carboxylic acids is 2. The summed E-state index contributed by atoms with van der Waals surface area (Å²) in [6.45, 7) is 2.07. The van der Waals surface area contributed by atoms with Crippen molar-refractivity contribution in [3.05, 3.63) is 52.8 Å². The largest absolute Gasteiger partial charge is 0.416 e. The van der Waals surface area contributed by atoms with E-state index in [2.05, 4.69) is 5.10 Å². The van der Waals surface area contributed by atoms with Crippen molar-refractivity contribution in [2.45, 2.75) is 32.0 Å². The Bertz CT molecular complexity index is 930. The number of halogens is 3. The van der Waals surface area contributed by atoms with Gasteiger partial charge in [0.2, 0.25) is 0 Å². The summed E-state index contributed by atoms with van der Waals surface area (Å²) in [5, 5.41) is 4.30. The second-order valence-corrected chi connectivity index (χ2v) is 7.35. The highest BCUT2D eigenvalue weighted by Gasteiger charge is 2.32. The van der Waals surface area contributed by atoms with Gasteiger partial charge in [-0.15, -0.1) is 0 Å². The molecule has 1 aromatic heterocycles. The first kappa shape index (κ1) is 19.5. The number of piperazine rings is 1. The van der Waals surface area contributed by atoms with Gasteiger partial charge >= 0.3 is 6.18 Å². The number of hydrogen-bond donors (Lipinski definition) is 0. The first-order chi connectivity index (χ1) is 13.8. The molecule has 3 heterocycles. The highest BCUT2D eigenvalue weighted by molar-refractivity contribution is 5.96. The molecule has 4 rings (SSSR count). The second-order valence-electron chi connectivity index (χ2n) is 7.35. The van der Waals surface area contributed by atoms with E-state index < -0.39 is 17.6 Å². The van der Waals surface area contributed by atoms with Crippen molar-refractivity contribution in [1.82, 2.24) is 19.6 Å². The number of nitrogens with zero attached hydrogens (tertiary/aromatic N) is 4. The summed E-state index contributed by atoms with van der Waals surface area (Å²) in [6.07, 6.45) is 0.0359. The minimum atomic E-state index is -4.49. The predicted octanol–water partition coefficient (Wildman–Crippen LogP) is 2.84. The molecule has 0 unspecified atom stereocenters. The molecule has 2 aromatic rings. The van der Waals surface area contributed by atoms with Crippen molar-refractivity contribution >= 4 is 11.8 Å². The Morgan fingerprint density at radius 2 is 1.62 bits per heavy atom. The number of amides is 2. The van der Waals surface area contributed by atoms with E-state index in [1.165, 1.54) is 17.0 Å². The van der Waals surface area contributed by atoms with Crippen LogP contribution in [-0.4, -0.2) is 57.6 Å². The molecule has 1 saturated heterocycles. The van der Waals surface area contributed by atoms with Crippen LogP contribution in [0.25, 0.3) is 0 Å². The van der Waals surface area contributed by atoms with E-state index in [-0.39, 0.29) is 24.6 Å². The summed E-state index contributed by atoms with van der Waals surface area (Å²) >= 11 is 0. The van der Waals surface area contributed by atoms with Crippen LogP contribution in [0.4, 0.5) is 13.2 Å². The van der Waals surface area contributed by atoms with Crippen LogP contribution < -0.4 is 0 Å². The minimum Gasteiger partial charge on any atom is -0.335 e. The lowest BCUT2D eigenvalue weighted by Gasteiger charge is -2.35. The van der Waals surface area contributed by atoms with Gasteiger partial charge in [0.25, 0.3) is 11.8 Å². The van der Waals surface area contributed by atoms with E-state index in [0.717, 1.165) is 43.6 Å². The first-order valence-electron chi connectivity index (χ1n) is 9.65. The highest BCUT2D eigenvalue weighted by atomic mass is 19.4. The minimum absolute atomic E-state index is 0.00491. The number of aromatic nitrogens is 2. The maximum Gasteiger partial charge on any atom is 0.416 e. The molecule has 9 heteroatoms. The van der Waals surface area contributed by atoms with Gasteiger partial charge < -0.3 is 9.80 Å². The van der Waals surface area contributed by atoms with Gasteiger partial charge in [-0.05, 0) is 37.5 Å². The second kappa shape index (κ2) is 7.53. The van der Waals surface area contributed by atoms with Gasteiger partial charge in [-0.25, -0.2) is 0 Å². The molecule has 0 bridgehead atoms. The van der Waals surface area contributed by atoms with Crippen LogP contribution >= 0.6 is 0 Å².